The van der Waals surface area contributed by atoms with Crippen molar-refractivity contribution in [3.05, 3.63) is 0 Å². The van der Waals surface area contributed by atoms with Crippen LogP contribution in [0.25, 0.3) is 0 Å². The monoisotopic (exact) mass is 244 g/mol. The van der Waals surface area contributed by atoms with Crippen LogP contribution in [-0.2, 0) is 4.74 Å². The second-order valence-electron chi connectivity index (χ2n) is 6.11. The van der Waals surface area contributed by atoms with Gasteiger partial charge in [0, 0.05) is 19.6 Å². The lowest BCUT2D eigenvalue weighted by Gasteiger charge is -2.45. The number of likely N-dealkylation sites (N-methyl/N-ethyl adjacent to an activating group) is 1. The maximum absolute atomic E-state index is 9.52. The molecule has 0 radical (unpaired) electrons. The summed E-state index contributed by atoms with van der Waals surface area (Å²) >= 11 is 0. The van der Waals surface area contributed by atoms with Crippen molar-refractivity contribution in [2.45, 2.75) is 51.9 Å². The van der Waals surface area contributed by atoms with Gasteiger partial charge in [-0.3, -0.25) is 4.90 Å². The van der Waals surface area contributed by atoms with Gasteiger partial charge in [-0.1, -0.05) is 6.92 Å². The summed E-state index contributed by atoms with van der Waals surface area (Å²) in [7, 11) is 0. The van der Waals surface area contributed by atoms with Crippen LogP contribution in [0.5, 0.6) is 0 Å². The molecule has 2 unspecified atom stereocenters. The number of aliphatic hydroxyl groups excluding tert-OH is 1. The van der Waals surface area contributed by atoms with E-state index in [-0.39, 0.29) is 23.9 Å². The van der Waals surface area contributed by atoms with Crippen molar-refractivity contribution in [2.24, 2.45) is 0 Å². The fraction of sp³-hybridized carbons (Fsp3) is 1.00. The summed E-state index contributed by atoms with van der Waals surface area (Å²) in [5.41, 5.74) is -0.317. The van der Waals surface area contributed by atoms with E-state index in [2.05, 4.69) is 44.8 Å². The molecule has 0 amide bonds. The molecule has 1 aliphatic rings. The molecule has 1 aliphatic heterocycles. The Kier molecular flexibility index (Phi) is 4.95. The maximum atomic E-state index is 9.52. The predicted octanol–water partition coefficient (Wildman–Crippen LogP) is 0.846. The lowest BCUT2D eigenvalue weighted by molar-refractivity contribution is -0.133. The summed E-state index contributed by atoms with van der Waals surface area (Å²) in [6.07, 6.45) is 0.253. The maximum Gasteiger partial charge on any atom is 0.0757 e. The van der Waals surface area contributed by atoms with Gasteiger partial charge in [-0.05, 0) is 34.2 Å². The molecule has 0 aliphatic carbocycles. The Bertz CT molecular complexity index is 246. The molecule has 4 heteroatoms. The minimum atomic E-state index is -0.220. The first kappa shape index (κ1) is 14.9. The Morgan fingerprint density at radius 2 is 2.18 bits per heavy atom. The van der Waals surface area contributed by atoms with Gasteiger partial charge in [0.05, 0.1) is 23.9 Å². The topological polar surface area (TPSA) is 44.7 Å². The van der Waals surface area contributed by atoms with Crippen LogP contribution in [0.4, 0.5) is 0 Å². The summed E-state index contributed by atoms with van der Waals surface area (Å²) in [6.45, 7) is 14.2. The van der Waals surface area contributed by atoms with Gasteiger partial charge in [-0.15, -0.1) is 0 Å². The Labute approximate surface area is 105 Å². The van der Waals surface area contributed by atoms with E-state index in [1.807, 2.05) is 0 Å². The van der Waals surface area contributed by atoms with Crippen LogP contribution in [0.2, 0.25) is 0 Å². The highest BCUT2D eigenvalue weighted by atomic mass is 16.5. The van der Waals surface area contributed by atoms with E-state index in [4.69, 9.17) is 4.74 Å². The summed E-state index contributed by atoms with van der Waals surface area (Å²) in [6, 6.07) is 0. The average Bonchev–Trinajstić information content (AvgIpc) is 2.14. The smallest absolute Gasteiger partial charge is 0.0757 e. The van der Waals surface area contributed by atoms with E-state index in [1.54, 1.807) is 0 Å². The highest BCUT2D eigenvalue weighted by molar-refractivity contribution is 4.90. The second kappa shape index (κ2) is 5.65. The highest BCUT2D eigenvalue weighted by Crippen LogP contribution is 2.22. The van der Waals surface area contributed by atoms with Gasteiger partial charge in [-0.25, -0.2) is 0 Å². The SMILES string of the molecule is CCNC(C)(CO)CN1CC(C)OC(C)(C)C1. The number of ether oxygens (including phenoxy) is 1. The Morgan fingerprint density at radius 3 is 2.65 bits per heavy atom. The molecule has 2 atom stereocenters. The highest BCUT2D eigenvalue weighted by Gasteiger charge is 2.34. The van der Waals surface area contributed by atoms with Crippen LogP contribution in [-0.4, -0.2) is 60.0 Å². The molecular formula is C13H28N2O2. The van der Waals surface area contributed by atoms with Gasteiger partial charge in [0.25, 0.3) is 0 Å². The minimum absolute atomic E-state index is 0.0970. The number of rotatable bonds is 5. The molecule has 4 nitrogen and oxygen atoms in total. The third kappa shape index (κ3) is 4.54. The average molecular weight is 244 g/mol. The van der Waals surface area contributed by atoms with Crippen molar-refractivity contribution in [3.8, 4) is 0 Å². The van der Waals surface area contributed by atoms with E-state index in [0.717, 1.165) is 26.2 Å². The van der Waals surface area contributed by atoms with E-state index in [1.165, 1.54) is 0 Å². The van der Waals surface area contributed by atoms with Gasteiger partial charge in [0.1, 0.15) is 0 Å². The van der Waals surface area contributed by atoms with Crippen molar-refractivity contribution in [2.75, 3.05) is 32.8 Å². The zero-order chi connectivity index (χ0) is 13.1. The summed E-state index contributed by atoms with van der Waals surface area (Å²) in [4.78, 5) is 2.38. The Balaban J connectivity index is 2.60. The van der Waals surface area contributed by atoms with E-state index >= 15 is 0 Å². The molecule has 17 heavy (non-hydrogen) atoms. The van der Waals surface area contributed by atoms with E-state index in [0.29, 0.717) is 0 Å². The van der Waals surface area contributed by atoms with Crippen molar-refractivity contribution < 1.29 is 9.84 Å². The van der Waals surface area contributed by atoms with Crippen LogP contribution >= 0.6 is 0 Å². The van der Waals surface area contributed by atoms with Crippen LogP contribution in [0.1, 0.15) is 34.6 Å². The molecule has 1 heterocycles. The van der Waals surface area contributed by atoms with Crippen molar-refractivity contribution in [1.29, 1.82) is 0 Å². The molecule has 0 aromatic carbocycles. The third-order valence-corrected chi connectivity index (χ3v) is 3.17. The fourth-order valence-corrected chi connectivity index (χ4v) is 2.79. The van der Waals surface area contributed by atoms with Gasteiger partial charge in [0.15, 0.2) is 0 Å². The number of morpholine rings is 1. The molecule has 102 valence electrons. The number of hydrogen-bond donors (Lipinski definition) is 2. The third-order valence-electron chi connectivity index (χ3n) is 3.17. The summed E-state index contributed by atoms with van der Waals surface area (Å²) < 4.78 is 5.89. The Morgan fingerprint density at radius 1 is 1.53 bits per heavy atom. The first-order chi connectivity index (χ1) is 7.80. The molecule has 1 saturated heterocycles. The zero-order valence-corrected chi connectivity index (χ0v) is 11.9. The molecule has 2 N–H and O–H groups in total. The number of nitrogens with one attached hydrogen (secondary N) is 1. The van der Waals surface area contributed by atoms with Gasteiger partial charge in [0.2, 0.25) is 0 Å². The minimum Gasteiger partial charge on any atom is -0.394 e. The van der Waals surface area contributed by atoms with Crippen molar-refractivity contribution in [1.82, 2.24) is 10.2 Å². The van der Waals surface area contributed by atoms with Crippen LogP contribution in [0.3, 0.4) is 0 Å². The molecule has 1 fully saturated rings. The first-order valence-electron chi connectivity index (χ1n) is 6.56. The number of aliphatic hydroxyl groups is 1. The van der Waals surface area contributed by atoms with Crippen molar-refractivity contribution in [3.63, 3.8) is 0 Å². The molecule has 0 saturated carbocycles. The van der Waals surface area contributed by atoms with Crippen LogP contribution in [0, 0.1) is 0 Å². The fourth-order valence-electron chi connectivity index (χ4n) is 2.79. The van der Waals surface area contributed by atoms with E-state index < -0.39 is 0 Å². The number of hydrogen-bond acceptors (Lipinski definition) is 4. The molecule has 0 aromatic heterocycles. The van der Waals surface area contributed by atoms with Gasteiger partial charge >= 0.3 is 0 Å². The molecular weight excluding hydrogens is 216 g/mol. The zero-order valence-electron chi connectivity index (χ0n) is 11.9. The lowest BCUT2D eigenvalue weighted by Crippen LogP contribution is -2.60. The predicted molar refractivity (Wildman–Crippen MR) is 70.2 cm³/mol. The molecule has 0 aromatic rings. The first-order valence-corrected chi connectivity index (χ1v) is 6.56. The van der Waals surface area contributed by atoms with Crippen molar-refractivity contribution >= 4 is 0 Å². The Hall–Kier alpha value is -0.160. The largest absolute Gasteiger partial charge is 0.394 e. The molecule has 0 spiro atoms. The van der Waals surface area contributed by atoms with Gasteiger partial charge < -0.3 is 15.2 Å². The summed E-state index contributed by atoms with van der Waals surface area (Å²) in [5, 5.41) is 12.9. The lowest BCUT2D eigenvalue weighted by atomic mass is 9.99. The quantitative estimate of drug-likeness (QED) is 0.752. The molecule has 1 rings (SSSR count). The second-order valence-corrected chi connectivity index (χ2v) is 6.11. The van der Waals surface area contributed by atoms with Crippen LogP contribution < -0.4 is 5.32 Å². The van der Waals surface area contributed by atoms with E-state index in [9.17, 15) is 5.11 Å². The number of nitrogens with zero attached hydrogens (tertiary/aromatic N) is 1. The van der Waals surface area contributed by atoms with Crippen LogP contribution in [0.15, 0.2) is 0 Å². The molecule has 0 bridgehead atoms. The summed E-state index contributed by atoms with van der Waals surface area (Å²) in [5.74, 6) is 0. The van der Waals surface area contributed by atoms with Gasteiger partial charge in [-0.2, -0.15) is 0 Å². The normalized spacial score (nSPS) is 28.9. The standard InChI is InChI=1S/C13H28N2O2/c1-6-14-13(5,10-16)9-15-7-11(2)17-12(3,4)8-15/h11,14,16H,6-10H2,1-5H3.